The zero-order chi connectivity index (χ0) is 19.1. The van der Waals surface area contributed by atoms with Gasteiger partial charge in [0, 0.05) is 0 Å². The van der Waals surface area contributed by atoms with Crippen molar-refractivity contribution >= 4 is 0 Å². The molecule has 0 saturated carbocycles. The van der Waals surface area contributed by atoms with E-state index < -0.39 is 23.9 Å². The molecule has 0 bridgehead atoms. The van der Waals surface area contributed by atoms with Gasteiger partial charge in [0.1, 0.15) is 12.2 Å². The van der Waals surface area contributed by atoms with Crippen molar-refractivity contribution in [2.45, 2.75) is 44.1 Å². The number of ether oxygens (including phenoxy) is 3. The average Bonchev–Trinajstić information content (AvgIpc) is 2.70. The molecule has 5 nitrogen and oxygen atoms in total. The maximum Gasteiger partial charge on any atom is 0.248 e. The minimum Gasteiger partial charge on any atom is -0.378 e. The minimum atomic E-state index is -1.42. The Morgan fingerprint density at radius 1 is 1.04 bits per heavy atom. The average molecular weight is 367 g/mol. The van der Waals surface area contributed by atoms with Crippen molar-refractivity contribution in [2.24, 2.45) is 0 Å². The highest BCUT2D eigenvalue weighted by Crippen LogP contribution is 2.32. The predicted molar refractivity (Wildman–Crippen MR) is 102 cm³/mol. The van der Waals surface area contributed by atoms with Crippen LogP contribution < -0.4 is 0 Å². The third-order valence-corrected chi connectivity index (χ3v) is 4.96. The zero-order valence-corrected chi connectivity index (χ0v) is 15.5. The molecule has 0 spiro atoms. The first kappa shape index (κ1) is 19.5. The predicted octanol–water partition coefficient (Wildman–Crippen LogP) is 3.23. The van der Waals surface area contributed by atoms with E-state index in [-0.39, 0.29) is 6.54 Å². The molecule has 5 heteroatoms. The molecule has 0 aliphatic carbocycles. The normalized spacial score (nSPS) is 27.8. The van der Waals surface area contributed by atoms with E-state index in [0.717, 1.165) is 11.1 Å². The van der Waals surface area contributed by atoms with Crippen LogP contribution in [-0.2, 0) is 27.4 Å². The lowest BCUT2D eigenvalue weighted by atomic mass is 9.85. The fourth-order valence-electron chi connectivity index (χ4n) is 3.29. The van der Waals surface area contributed by atoms with Gasteiger partial charge in [-0.2, -0.15) is 0 Å². The Hall–Kier alpha value is -2.23. The second-order valence-corrected chi connectivity index (χ2v) is 6.84. The van der Waals surface area contributed by atoms with Gasteiger partial charge in [-0.15, -0.1) is 0 Å². The van der Waals surface area contributed by atoms with Crippen molar-refractivity contribution in [1.82, 2.24) is 0 Å². The molecule has 3 rings (SSSR count). The fraction of sp³-hybridized carbons (Fsp3) is 0.409. The molecule has 1 heterocycles. The first-order valence-corrected chi connectivity index (χ1v) is 9.11. The van der Waals surface area contributed by atoms with Crippen molar-refractivity contribution in [1.29, 1.82) is 0 Å². The molecule has 2 aromatic carbocycles. The van der Waals surface area contributed by atoms with Crippen molar-refractivity contribution in [3.63, 3.8) is 0 Å². The van der Waals surface area contributed by atoms with E-state index in [1.165, 1.54) is 0 Å². The summed E-state index contributed by atoms with van der Waals surface area (Å²) in [6.45, 7) is 9.97. The Morgan fingerprint density at radius 3 is 2.15 bits per heavy atom. The van der Waals surface area contributed by atoms with Crippen LogP contribution in [0.1, 0.15) is 18.1 Å². The van der Waals surface area contributed by atoms with Gasteiger partial charge in [0.15, 0.2) is 5.60 Å². The van der Waals surface area contributed by atoms with Gasteiger partial charge in [0.05, 0.1) is 25.9 Å². The van der Waals surface area contributed by atoms with Crippen molar-refractivity contribution in [3.8, 4) is 0 Å². The third-order valence-electron chi connectivity index (χ3n) is 4.96. The topological polar surface area (TPSA) is 52.3 Å². The quantitative estimate of drug-likeness (QED) is 0.764. The maximum atomic E-state index is 11.2. The summed E-state index contributed by atoms with van der Waals surface area (Å²) in [5.41, 5.74) is 0.617. The number of rotatable bonds is 7. The summed E-state index contributed by atoms with van der Waals surface area (Å²) in [4.78, 5) is 3.42. The summed E-state index contributed by atoms with van der Waals surface area (Å²) in [7, 11) is 0. The van der Waals surface area contributed by atoms with Crippen LogP contribution in [0.15, 0.2) is 60.7 Å². The summed E-state index contributed by atoms with van der Waals surface area (Å²) < 4.78 is 17.9. The third kappa shape index (κ3) is 4.74. The lowest BCUT2D eigenvalue weighted by molar-refractivity contribution is -0.259. The monoisotopic (exact) mass is 367 g/mol. The molecular weight excluding hydrogens is 342 g/mol. The Kier molecular flexibility index (Phi) is 6.59. The molecular formula is C22H25NO4. The van der Waals surface area contributed by atoms with E-state index in [1.807, 2.05) is 60.7 Å². The van der Waals surface area contributed by atoms with Gasteiger partial charge in [-0.1, -0.05) is 60.7 Å². The molecule has 142 valence electrons. The van der Waals surface area contributed by atoms with Crippen LogP contribution in [0.2, 0.25) is 0 Å². The molecule has 2 aromatic rings. The highest BCUT2D eigenvalue weighted by atomic mass is 16.6. The highest BCUT2D eigenvalue weighted by Gasteiger charge is 2.54. The SMILES string of the molecule is [C-]#[N+]C[C@@]1(O)C(C)OCC(OCc2ccccc2)[C@H]1OCc1ccccc1. The van der Waals surface area contributed by atoms with Crippen molar-refractivity contribution in [3.05, 3.63) is 83.2 Å². The van der Waals surface area contributed by atoms with Crippen LogP contribution in [0.5, 0.6) is 0 Å². The summed E-state index contributed by atoms with van der Waals surface area (Å²) in [6.07, 6.45) is -1.62. The molecule has 0 aromatic heterocycles. The second-order valence-electron chi connectivity index (χ2n) is 6.84. The Morgan fingerprint density at radius 2 is 1.59 bits per heavy atom. The largest absolute Gasteiger partial charge is 0.378 e. The van der Waals surface area contributed by atoms with E-state index in [9.17, 15) is 5.11 Å². The van der Waals surface area contributed by atoms with Gasteiger partial charge >= 0.3 is 0 Å². The van der Waals surface area contributed by atoms with Gasteiger partial charge < -0.3 is 24.2 Å². The number of nitrogens with zero attached hydrogens (tertiary/aromatic N) is 1. The zero-order valence-electron chi connectivity index (χ0n) is 15.5. The lowest BCUT2D eigenvalue weighted by Gasteiger charge is -2.44. The van der Waals surface area contributed by atoms with Crippen LogP contribution in [0.25, 0.3) is 4.85 Å². The van der Waals surface area contributed by atoms with E-state index in [0.29, 0.717) is 19.8 Å². The van der Waals surface area contributed by atoms with Crippen molar-refractivity contribution in [2.75, 3.05) is 13.2 Å². The highest BCUT2D eigenvalue weighted by molar-refractivity contribution is 5.15. The van der Waals surface area contributed by atoms with Gasteiger partial charge in [-0.05, 0) is 18.1 Å². The van der Waals surface area contributed by atoms with Crippen LogP contribution in [0.4, 0.5) is 0 Å². The smallest absolute Gasteiger partial charge is 0.248 e. The number of benzene rings is 2. The van der Waals surface area contributed by atoms with E-state index in [4.69, 9.17) is 20.8 Å². The summed E-state index contributed by atoms with van der Waals surface area (Å²) >= 11 is 0. The van der Waals surface area contributed by atoms with Gasteiger partial charge in [0.2, 0.25) is 6.54 Å². The molecule has 1 N–H and O–H groups in total. The Labute approximate surface area is 160 Å². The van der Waals surface area contributed by atoms with E-state index >= 15 is 0 Å². The molecule has 27 heavy (non-hydrogen) atoms. The van der Waals surface area contributed by atoms with Crippen molar-refractivity contribution < 1.29 is 19.3 Å². The minimum absolute atomic E-state index is 0.0984. The second kappa shape index (κ2) is 9.12. The Bertz CT molecular complexity index is 746. The number of hydrogen-bond donors (Lipinski definition) is 1. The summed E-state index contributed by atoms with van der Waals surface area (Å²) in [6, 6.07) is 19.6. The van der Waals surface area contributed by atoms with Crippen LogP contribution in [0, 0.1) is 6.57 Å². The Balaban J connectivity index is 1.75. The van der Waals surface area contributed by atoms with Crippen LogP contribution in [0.3, 0.4) is 0 Å². The molecule has 1 aliphatic heterocycles. The van der Waals surface area contributed by atoms with E-state index in [2.05, 4.69) is 4.85 Å². The van der Waals surface area contributed by atoms with E-state index in [1.54, 1.807) is 6.92 Å². The first-order chi connectivity index (χ1) is 13.1. The summed E-state index contributed by atoms with van der Waals surface area (Å²) in [5.74, 6) is 0. The standard InChI is InChI=1S/C22H25NO4/c1-17-22(24,16-23-2)21(27-14-19-11-7-4-8-12-19)20(15-25-17)26-13-18-9-5-3-6-10-18/h3-12,17,20-21,24H,13-16H2,1H3/t17?,20?,21-,22-/m1/s1. The number of aliphatic hydroxyl groups is 1. The molecule has 0 radical (unpaired) electrons. The first-order valence-electron chi connectivity index (χ1n) is 9.11. The lowest BCUT2D eigenvalue weighted by Crippen LogP contribution is -2.64. The molecule has 0 amide bonds. The molecule has 2 unspecified atom stereocenters. The summed E-state index contributed by atoms with van der Waals surface area (Å²) in [5, 5.41) is 11.2. The molecule has 4 atom stereocenters. The molecule has 1 saturated heterocycles. The van der Waals surface area contributed by atoms with Crippen LogP contribution in [-0.4, -0.2) is 42.2 Å². The maximum absolute atomic E-state index is 11.2. The van der Waals surface area contributed by atoms with Crippen LogP contribution >= 0.6 is 0 Å². The number of hydrogen-bond acceptors (Lipinski definition) is 4. The van der Waals surface area contributed by atoms with Gasteiger partial charge in [0.25, 0.3) is 0 Å². The fourth-order valence-corrected chi connectivity index (χ4v) is 3.29. The van der Waals surface area contributed by atoms with Gasteiger partial charge in [-0.25, -0.2) is 6.57 Å². The van der Waals surface area contributed by atoms with Gasteiger partial charge in [-0.3, -0.25) is 0 Å². The molecule has 1 aliphatic rings. The molecule has 1 fully saturated rings.